The van der Waals surface area contributed by atoms with Crippen LogP contribution in [0.2, 0.25) is 0 Å². The summed E-state index contributed by atoms with van der Waals surface area (Å²) >= 11 is 0. The van der Waals surface area contributed by atoms with Gasteiger partial charge in [0, 0.05) is 18.2 Å². The van der Waals surface area contributed by atoms with Crippen LogP contribution in [0.25, 0.3) is 6.08 Å². The van der Waals surface area contributed by atoms with E-state index in [0.29, 0.717) is 11.3 Å². The van der Waals surface area contributed by atoms with Crippen LogP contribution in [0.15, 0.2) is 46.6 Å². The molecule has 1 heterocycles. The van der Waals surface area contributed by atoms with Gasteiger partial charge in [-0.2, -0.15) is 5.26 Å². The topological polar surface area (TPSA) is 109 Å². The quantitative estimate of drug-likeness (QED) is 0.403. The number of nitro groups is 1. The molecule has 0 aliphatic carbocycles. The molecule has 1 aromatic carbocycles. The number of aryl methyl sites for hydroxylation is 1. The van der Waals surface area contributed by atoms with Crippen LogP contribution in [0.1, 0.15) is 11.3 Å². The molecule has 7 nitrogen and oxygen atoms in total. The summed E-state index contributed by atoms with van der Waals surface area (Å²) in [5.41, 5.74) is 0.615. The molecule has 110 valence electrons. The third kappa shape index (κ3) is 3.37. The molecule has 0 saturated carbocycles. The Labute approximate surface area is 125 Å². The monoisotopic (exact) mass is 297 g/mol. The van der Waals surface area contributed by atoms with Gasteiger partial charge in [-0.3, -0.25) is 14.9 Å². The number of non-ortho nitro benzene ring substituents is 1. The number of nitro benzene ring substituents is 1. The summed E-state index contributed by atoms with van der Waals surface area (Å²) in [5.74, 6) is -0.301. The standard InChI is InChI=1S/C15H11N3O4/c1-10-4-5-12(18(20)21)8-14(10)17-15(19)11(9-16)7-13-3-2-6-22-13/h2-8H,1H3,(H,17,19)/b11-7+. The largest absolute Gasteiger partial charge is 0.465 e. The Morgan fingerprint density at radius 1 is 1.45 bits per heavy atom. The number of nitriles is 1. The van der Waals surface area contributed by atoms with Crippen LogP contribution in [0.3, 0.4) is 0 Å². The lowest BCUT2D eigenvalue weighted by Crippen LogP contribution is -2.14. The van der Waals surface area contributed by atoms with E-state index >= 15 is 0 Å². The van der Waals surface area contributed by atoms with Gasteiger partial charge in [-0.25, -0.2) is 0 Å². The normalized spacial score (nSPS) is 10.8. The second-order valence-corrected chi connectivity index (χ2v) is 4.40. The van der Waals surface area contributed by atoms with E-state index in [0.717, 1.165) is 0 Å². The Morgan fingerprint density at radius 3 is 2.82 bits per heavy atom. The predicted molar refractivity (Wildman–Crippen MR) is 78.8 cm³/mol. The number of nitrogens with one attached hydrogen (secondary N) is 1. The van der Waals surface area contributed by atoms with Crippen LogP contribution in [-0.4, -0.2) is 10.8 Å². The molecular weight excluding hydrogens is 286 g/mol. The van der Waals surface area contributed by atoms with Crippen molar-refractivity contribution in [1.82, 2.24) is 0 Å². The Morgan fingerprint density at radius 2 is 2.23 bits per heavy atom. The van der Waals surface area contributed by atoms with Crippen molar-refractivity contribution < 1.29 is 14.1 Å². The minimum Gasteiger partial charge on any atom is -0.465 e. The summed E-state index contributed by atoms with van der Waals surface area (Å²) in [6, 6.07) is 9.11. The first-order valence-electron chi connectivity index (χ1n) is 6.23. The molecule has 0 aliphatic heterocycles. The number of nitrogens with zero attached hydrogens (tertiary/aromatic N) is 2. The maximum atomic E-state index is 12.1. The minimum atomic E-state index is -0.664. The third-order valence-electron chi connectivity index (χ3n) is 2.88. The zero-order valence-electron chi connectivity index (χ0n) is 11.6. The van der Waals surface area contributed by atoms with Crippen molar-refractivity contribution in [3.8, 4) is 6.07 Å². The summed E-state index contributed by atoms with van der Waals surface area (Å²) in [7, 11) is 0. The van der Waals surface area contributed by atoms with E-state index in [1.807, 2.05) is 0 Å². The van der Waals surface area contributed by atoms with Crippen molar-refractivity contribution in [2.75, 3.05) is 5.32 Å². The summed E-state index contributed by atoms with van der Waals surface area (Å²) in [6.45, 7) is 1.70. The van der Waals surface area contributed by atoms with Gasteiger partial charge in [0.1, 0.15) is 17.4 Å². The lowest BCUT2D eigenvalue weighted by molar-refractivity contribution is -0.384. The van der Waals surface area contributed by atoms with Crippen molar-refractivity contribution >= 4 is 23.4 Å². The highest BCUT2D eigenvalue weighted by atomic mass is 16.6. The van der Waals surface area contributed by atoms with Crippen molar-refractivity contribution in [2.45, 2.75) is 6.92 Å². The van der Waals surface area contributed by atoms with Gasteiger partial charge in [0.25, 0.3) is 11.6 Å². The highest BCUT2D eigenvalue weighted by Crippen LogP contribution is 2.22. The number of furan rings is 1. The number of benzene rings is 1. The van der Waals surface area contributed by atoms with Crippen LogP contribution >= 0.6 is 0 Å². The molecule has 0 fully saturated rings. The number of carbonyl (C=O) groups excluding carboxylic acids is 1. The Kier molecular flexibility index (Phi) is 4.34. The van der Waals surface area contributed by atoms with Crippen LogP contribution in [0, 0.1) is 28.4 Å². The molecule has 0 radical (unpaired) electrons. The lowest BCUT2D eigenvalue weighted by atomic mass is 10.1. The fourth-order valence-electron chi connectivity index (χ4n) is 1.71. The molecule has 0 atom stereocenters. The molecule has 1 N–H and O–H groups in total. The van der Waals surface area contributed by atoms with Gasteiger partial charge in [-0.15, -0.1) is 0 Å². The highest BCUT2D eigenvalue weighted by Gasteiger charge is 2.14. The summed E-state index contributed by atoms with van der Waals surface area (Å²) in [6.07, 6.45) is 2.71. The van der Waals surface area contributed by atoms with Gasteiger partial charge in [0.2, 0.25) is 0 Å². The van der Waals surface area contributed by atoms with Gasteiger partial charge in [0.15, 0.2) is 0 Å². The average molecular weight is 297 g/mol. The van der Waals surface area contributed by atoms with Crippen LogP contribution in [-0.2, 0) is 4.79 Å². The fraction of sp³-hybridized carbons (Fsp3) is 0.0667. The average Bonchev–Trinajstić information content (AvgIpc) is 2.99. The summed E-state index contributed by atoms with van der Waals surface area (Å²) in [4.78, 5) is 22.3. The molecule has 0 bridgehead atoms. The van der Waals surface area contributed by atoms with Crippen molar-refractivity contribution in [2.24, 2.45) is 0 Å². The smallest absolute Gasteiger partial charge is 0.271 e. The molecule has 1 amide bonds. The fourth-order valence-corrected chi connectivity index (χ4v) is 1.71. The van der Waals surface area contributed by atoms with Crippen molar-refractivity contribution in [3.63, 3.8) is 0 Å². The minimum absolute atomic E-state index is 0.144. The van der Waals surface area contributed by atoms with Crippen LogP contribution in [0.5, 0.6) is 0 Å². The van der Waals surface area contributed by atoms with E-state index in [9.17, 15) is 14.9 Å². The Balaban J connectivity index is 2.26. The molecule has 22 heavy (non-hydrogen) atoms. The van der Waals surface area contributed by atoms with Crippen LogP contribution in [0.4, 0.5) is 11.4 Å². The number of amides is 1. The van der Waals surface area contributed by atoms with E-state index < -0.39 is 10.8 Å². The van der Waals surface area contributed by atoms with Gasteiger partial charge < -0.3 is 9.73 Å². The van der Waals surface area contributed by atoms with Gasteiger partial charge in [-0.05, 0) is 24.6 Å². The van der Waals surface area contributed by atoms with E-state index in [2.05, 4.69) is 5.32 Å². The third-order valence-corrected chi connectivity index (χ3v) is 2.88. The van der Waals surface area contributed by atoms with E-state index in [1.54, 1.807) is 25.1 Å². The number of hydrogen-bond acceptors (Lipinski definition) is 5. The SMILES string of the molecule is Cc1ccc([N+](=O)[O-])cc1NC(=O)/C(C#N)=C/c1ccco1. The highest BCUT2D eigenvalue weighted by molar-refractivity contribution is 6.09. The van der Waals surface area contributed by atoms with E-state index in [-0.39, 0.29) is 16.9 Å². The van der Waals surface area contributed by atoms with E-state index in [4.69, 9.17) is 9.68 Å². The Hall–Kier alpha value is -3.40. The first kappa shape index (κ1) is 15.0. The molecule has 0 spiro atoms. The summed E-state index contributed by atoms with van der Waals surface area (Å²) in [5, 5.41) is 22.3. The molecule has 2 aromatic rings. The van der Waals surface area contributed by atoms with Gasteiger partial charge in [-0.1, -0.05) is 6.07 Å². The number of hydrogen-bond donors (Lipinski definition) is 1. The maximum absolute atomic E-state index is 12.1. The second kappa shape index (κ2) is 6.37. The summed E-state index contributed by atoms with van der Waals surface area (Å²) < 4.78 is 5.04. The first-order valence-corrected chi connectivity index (χ1v) is 6.23. The number of carbonyl (C=O) groups is 1. The van der Waals surface area contributed by atoms with E-state index in [1.165, 1.54) is 30.5 Å². The zero-order chi connectivity index (χ0) is 16.1. The maximum Gasteiger partial charge on any atom is 0.271 e. The molecule has 0 aliphatic rings. The van der Waals surface area contributed by atoms with Gasteiger partial charge >= 0.3 is 0 Å². The van der Waals surface area contributed by atoms with Crippen molar-refractivity contribution in [3.05, 3.63) is 63.6 Å². The number of anilines is 1. The Bertz CT molecular complexity index is 786. The second-order valence-electron chi connectivity index (χ2n) is 4.40. The number of rotatable bonds is 4. The van der Waals surface area contributed by atoms with Crippen molar-refractivity contribution in [1.29, 1.82) is 5.26 Å². The zero-order valence-corrected chi connectivity index (χ0v) is 11.6. The molecule has 7 heteroatoms. The molecule has 1 aromatic heterocycles. The van der Waals surface area contributed by atoms with Crippen LogP contribution < -0.4 is 5.32 Å². The molecular formula is C15H11N3O4. The predicted octanol–water partition coefficient (Wildman–Crippen LogP) is 3.04. The van der Waals surface area contributed by atoms with Gasteiger partial charge in [0.05, 0.1) is 16.9 Å². The first-order chi connectivity index (χ1) is 10.5. The molecule has 0 saturated heterocycles. The molecule has 2 rings (SSSR count). The molecule has 0 unspecified atom stereocenters. The lowest BCUT2D eigenvalue weighted by Gasteiger charge is -2.07.